The van der Waals surface area contributed by atoms with Gasteiger partial charge in [0.15, 0.2) is 0 Å². The third kappa shape index (κ3) is 2.61. The van der Waals surface area contributed by atoms with Gasteiger partial charge in [0.1, 0.15) is 17.5 Å². The maximum Gasteiger partial charge on any atom is 0.140 e. The normalized spacial score (nSPS) is 32.4. The van der Waals surface area contributed by atoms with Crippen LogP contribution in [-0.2, 0) is 9.47 Å². The first-order chi connectivity index (χ1) is 9.44. The van der Waals surface area contributed by atoms with Gasteiger partial charge in [-0.05, 0) is 12.2 Å². The molecule has 1 unspecified atom stereocenters. The van der Waals surface area contributed by atoms with Gasteiger partial charge >= 0.3 is 0 Å². The van der Waals surface area contributed by atoms with Crippen LogP contribution in [0.25, 0.3) is 0 Å². The van der Waals surface area contributed by atoms with Crippen molar-refractivity contribution in [2.24, 2.45) is 5.41 Å². The zero-order chi connectivity index (χ0) is 14.8. The van der Waals surface area contributed by atoms with E-state index in [1.807, 2.05) is 0 Å². The molecule has 0 aromatic carbocycles. The Bertz CT molecular complexity index is 575. The number of allylic oxidation sites excluding steroid dienone is 3. The van der Waals surface area contributed by atoms with E-state index in [0.717, 1.165) is 11.3 Å². The largest absolute Gasteiger partial charge is 0.500 e. The molecule has 1 N–H and O–H groups in total. The fraction of sp³-hybridized carbons (Fsp3) is 0.529. The zero-order valence-corrected chi connectivity index (χ0v) is 12.4. The minimum atomic E-state index is -0.858. The van der Waals surface area contributed by atoms with Crippen LogP contribution in [0.3, 0.4) is 0 Å². The SMILES string of the molecule is COC1=C2C[C@](OC)(C#C/C=C/C#CC2O)CC1(C)C. The highest BCUT2D eigenvalue weighted by molar-refractivity contribution is 5.40. The van der Waals surface area contributed by atoms with Crippen molar-refractivity contribution in [1.82, 2.24) is 0 Å². The number of aliphatic hydroxyl groups is 1. The third-order valence-corrected chi connectivity index (χ3v) is 3.80. The molecule has 0 aliphatic heterocycles. The van der Waals surface area contributed by atoms with Crippen LogP contribution in [0.15, 0.2) is 23.5 Å². The topological polar surface area (TPSA) is 38.7 Å². The van der Waals surface area contributed by atoms with Gasteiger partial charge < -0.3 is 14.6 Å². The number of rotatable bonds is 2. The van der Waals surface area contributed by atoms with Gasteiger partial charge in [0.25, 0.3) is 0 Å². The minimum absolute atomic E-state index is 0.265. The van der Waals surface area contributed by atoms with Crippen LogP contribution < -0.4 is 0 Å². The Morgan fingerprint density at radius 1 is 1.25 bits per heavy atom. The summed E-state index contributed by atoms with van der Waals surface area (Å²) in [6.45, 7) is 4.14. The summed E-state index contributed by atoms with van der Waals surface area (Å²) in [6, 6.07) is 0. The van der Waals surface area contributed by atoms with E-state index < -0.39 is 11.7 Å². The third-order valence-electron chi connectivity index (χ3n) is 3.80. The van der Waals surface area contributed by atoms with Gasteiger partial charge in [0.2, 0.25) is 0 Å². The van der Waals surface area contributed by atoms with Crippen molar-refractivity contribution in [3.05, 3.63) is 23.5 Å². The molecule has 0 aromatic rings. The highest BCUT2D eigenvalue weighted by Gasteiger charge is 2.46. The van der Waals surface area contributed by atoms with E-state index in [-0.39, 0.29) is 5.41 Å². The molecule has 3 nitrogen and oxygen atoms in total. The Balaban J connectivity index is 2.64. The van der Waals surface area contributed by atoms with E-state index in [1.165, 1.54) is 0 Å². The number of fused-ring (bicyclic) bond motifs is 2. The summed E-state index contributed by atoms with van der Waals surface area (Å²) in [5.74, 6) is 12.6. The molecule has 0 aromatic heterocycles. The fourth-order valence-corrected chi connectivity index (χ4v) is 3.06. The average molecular weight is 272 g/mol. The maximum atomic E-state index is 10.3. The second-order valence-corrected chi connectivity index (χ2v) is 5.79. The van der Waals surface area contributed by atoms with E-state index >= 15 is 0 Å². The smallest absolute Gasteiger partial charge is 0.140 e. The van der Waals surface area contributed by atoms with E-state index in [1.54, 1.807) is 26.4 Å². The molecule has 2 aliphatic rings. The summed E-state index contributed by atoms with van der Waals surface area (Å²) in [6.07, 6.45) is 3.69. The Kier molecular flexibility index (Phi) is 3.95. The Morgan fingerprint density at radius 2 is 1.95 bits per heavy atom. The standard InChI is InChI=1S/C17H20O3/c1-16(2)12-17(20-4)10-8-6-5-7-9-14(18)13(11-17)15(16)19-3/h5-6,14,18H,11-12H2,1-4H3/b6-5+/t14?,17-/m1/s1. The molecule has 2 aliphatic carbocycles. The van der Waals surface area contributed by atoms with Crippen molar-refractivity contribution >= 4 is 0 Å². The first-order valence-corrected chi connectivity index (χ1v) is 6.64. The highest BCUT2D eigenvalue weighted by atomic mass is 16.5. The molecule has 2 bridgehead atoms. The minimum Gasteiger partial charge on any atom is -0.500 e. The molecular weight excluding hydrogens is 252 g/mol. The van der Waals surface area contributed by atoms with Gasteiger partial charge in [-0.15, -0.1) is 0 Å². The lowest BCUT2D eigenvalue weighted by Crippen LogP contribution is -2.43. The molecule has 0 fully saturated rings. The number of hydrogen-bond donors (Lipinski definition) is 1. The quantitative estimate of drug-likeness (QED) is 0.782. The average Bonchev–Trinajstić information content (AvgIpc) is 2.40. The van der Waals surface area contributed by atoms with Crippen molar-refractivity contribution in [3.8, 4) is 23.7 Å². The van der Waals surface area contributed by atoms with E-state index in [2.05, 4.69) is 37.5 Å². The van der Waals surface area contributed by atoms with Crippen molar-refractivity contribution in [2.45, 2.75) is 38.4 Å². The highest BCUT2D eigenvalue weighted by Crippen LogP contribution is 2.47. The fourth-order valence-electron chi connectivity index (χ4n) is 3.06. The van der Waals surface area contributed by atoms with Crippen LogP contribution in [0.4, 0.5) is 0 Å². The van der Waals surface area contributed by atoms with E-state index in [0.29, 0.717) is 12.8 Å². The zero-order valence-electron chi connectivity index (χ0n) is 12.4. The second kappa shape index (κ2) is 5.37. The molecule has 0 amide bonds. The molecule has 0 heterocycles. The molecular formula is C17H20O3. The number of aliphatic hydroxyl groups excluding tert-OH is 1. The van der Waals surface area contributed by atoms with Gasteiger partial charge in [-0.1, -0.05) is 37.5 Å². The summed E-state index contributed by atoms with van der Waals surface area (Å²) in [5.41, 5.74) is -0.105. The van der Waals surface area contributed by atoms with E-state index in [4.69, 9.17) is 9.47 Å². The molecule has 20 heavy (non-hydrogen) atoms. The van der Waals surface area contributed by atoms with Crippen LogP contribution in [-0.4, -0.2) is 31.0 Å². The van der Waals surface area contributed by atoms with Crippen LogP contribution in [0.5, 0.6) is 0 Å². The monoisotopic (exact) mass is 272 g/mol. The number of methoxy groups -OCH3 is 2. The van der Waals surface area contributed by atoms with Gasteiger partial charge in [0.05, 0.1) is 7.11 Å². The number of ether oxygens (including phenoxy) is 2. The van der Waals surface area contributed by atoms with Gasteiger partial charge in [-0.3, -0.25) is 0 Å². The summed E-state index contributed by atoms with van der Waals surface area (Å²) in [4.78, 5) is 0. The van der Waals surface area contributed by atoms with Crippen molar-refractivity contribution in [2.75, 3.05) is 14.2 Å². The summed E-state index contributed by atoms with van der Waals surface area (Å²) < 4.78 is 11.3. The lowest BCUT2D eigenvalue weighted by atomic mass is 9.68. The lowest BCUT2D eigenvalue weighted by Gasteiger charge is -2.43. The Morgan fingerprint density at radius 3 is 2.60 bits per heavy atom. The first-order valence-electron chi connectivity index (χ1n) is 6.64. The van der Waals surface area contributed by atoms with E-state index in [9.17, 15) is 5.11 Å². The molecule has 3 heteroatoms. The Hall–Kier alpha value is -1.68. The lowest BCUT2D eigenvalue weighted by molar-refractivity contribution is -0.0178. The van der Waals surface area contributed by atoms with Gasteiger partial charge in [-0.2, -0.15) is 0 Å². The molecule has 0 saturated heterocycles. The van der Waals surface area contributed by atoms with Gasteiger partial charge in [-0.25, -0.2) is 0 Å². The van der Waals surface area contributed by atoms with Gasteiger partial charge in [0, 0.05) is 30.9 Å². The molecule has 0 spiro atoms. The predicted octanol–water partition coefficient (Wildman–Crippen LogP) is 2.03. The predicted molar refractivity (Wildman–Crippen MR) is 77.5 cm³/mol. The van der Waals surface area contributed by atoms with Crippen LogP contribution in [0.2, 0.25) is 0 Å². The Labute approximate surface area is 120 Å². The summed E-state index contributed by atoms with van der Waals surface area (Å²) >= 11 is 0. The van der Waals surface area contributed by atoms with Crippen LogP contribution in [0.1, 0.15) is 26.7 Å². The first kappa shape index (κ1) is 14.7. The number of hydrogen-bond acceptors (Lipinski definition) is 3. The molecule has 2 atom stereocenters. The molecule has 2 rings (SSSR count). The maximum absolute atomic E-state index is 10.3. The van der Waals surface area contributed by atoms with Crippen LogP contribution >= 0.6 is 0 Å². The second-order valence-electron chi connectivity index (χ2n) is 5.79. The van der Waals surface area contributed by atoms with Crippen LogP contribution in [0, 0.1) is 29.1 Å². The molecule has 106 valence electrons. The molecule has 0 radical (unpaired) electrons. The van der Waals surface area contributed by atoms with Crippen molar-refractivity contribution in [1.29, 1.82) is 0 Å². The van der Waals surface area contributed by atoms with Crippen molar-refractivity contribution < 1.29 is 14.6 Å². The summed E-state index contributed by atoms with van der Waals surface area (Å²) in [5, 5.41) is 10.3. The van der Waals surface area contributed by atoms with Crippen molar-refractivity contribution in [3.63, 3.8) is 0 Å². The summed E-state index contributed by atoms with van der Waals surface area (Å²) in [7, 11) is 3.29. The molecule has 0 saturated carbocycles.